The van der Waals surface area contributed by atoms with E-state index in [-0.39, 0.29) is 0 Å². The van der Waals surface area contributed by atoms with Crippen LogP contribution in [0.1, 0.15) is 31.2 Å². The number of anilines is 2. The molecule has 1 aromatic heterocycles. The van der Waals surface area contributed by atoms with Gasteiger partial charge in [-0.1, -0.05) is 12.1 Å². The summed E-state index contributed by atoms with van der Waals surface area (Å²) >= 11 is 0. The lowest BCUT2D eigenvalue weighted by molar-refractivity contribution is 0.325. The van der Waals surface area contributed by atoms with E-state index in [0.29, 0.717) is 12.0 Å². The van der Waals surface area contributed by atoms with E-state index in [1.807, 2.05) is 32.3 Å². The first kappa shape index (κ1) is 24.1. The summed E-state index contributed by atoms with van der Waals surface area (Å²) in [6.45, 7) is 2.01. The average molecular weight is 464 g/mol. The maximum atomic E-state index is 5.37. The predicted octanol–water partition coefficient (Wildman–Crippen LogP) is 4.52. The number of nitrogens with one attached hydrogen (secondary N) is 2. The largest absolute Gasteiger partial charge is 0.497 e. The van der Waals surface area contributed by atoms with E-state index in [9.17, 15) is 0 Å². The summed E-state index contributed by atoms with van der Waals surface area (Å²) in [7, 11) is 7.44. The van der Waals surface area contributed by atoms with Crippen LogP contribution in [-0.4, -0.2) is 57.4 Å². The SMILES string of the molecule is COc1cc(CCNC[C@H]2CC[C@@H](Nc3nc(N(C)C)c4ccccc4n3)CC2)cc(OC)c1. The molecule has 0 unspecified atom stereocenters. The van der Waals surface area contributed by atoms with E-state index in [1.54, 1.807) is 14.2 Å². The number of benzene rings is 2. The van der Waals surface area contributed by atoms with Gasteiger partial charge in [0.05, 0.1) is 19.7 Å². The fourth-order valence-electron chi connectivity index (χ4n) is 4.71. The first-order valence-electron chi connectivity index (χ1n) is 12.2. The van der Waals surface area contributed by atoms with E-state index in [1.165, 1.54) is 18.4 Å². The highest BCUT2D eigenvalue weighted by atomic mass is 16.5. The van der Waals surface area contributed by atoms with Crippen LogP contribution in [0.2, 0.25) is 0 Å². The summed E-state index contributed by atoms with van der Waals surface area (Å²) in [4.78, 5) is 11.6. The number of nitrogens with zero attached hydrogens (tertiary/aromatic N) is 3. The van der Waals surface area contributed by atoms with Crippen LogP contribution in [-0.2, 0) is 6.42 Å². The van der Waals surface area contributed by atoms with Crippen molar-refractivity contribution in [2.24, 2.45) is 5.92 Å². The Morgan fingerprint density at radius 1 is 0.941 bits per heavy atom. The minimum atomic E-state index is 0.427. The zero-order valence-corrected chi connectivity index (χ0v) is 20.8. The van der Waals surface area contributed by atoms with Gasteiger partial charge >= 0.3 is 0 Å². The number of hydrogen-bond donors (Lipinski definition) is 2. The predicted molar refractivity (Wildman–Crippen MR) is 139 cm³/mol. The molecule has 0 spiro atoms. The van der Waals surface area contributed by atoms with Gasteiger partial charge in [-0.15, -0.1) is 0 Å². The highest BCUT2D eigenvalue weighted by Gasteiger charge is 2.22. The Bertz CT molecular complexity index is 1060. The van der Waals surface area contributed by atoms with Crippen molar-refractivity contribution in [3.05, 3.63) is 48.0 Å². The number of hydrogen-bond acceptors (Lipinski definition) is 7. The molecular formula is C27H37N5O2. The second kappa shape index (κ2) is 11.4. The Labute approximate surface area is 202 Å². The smallest absolute Gasteiger partial charge is 0.225 e. The molecule has 1 aliphatic carbocycles. The summed E-state index contributed by atoms with van der Waals surface area (Å²) in [5.74, 6) is 4.09. The van der Waals surface area contributed by atoms with Crippen molar-refractivity contribution in [2.75, 3.05) is 51.6 Å². The number of rotatable bonds is 10. The number of aromatic nitrogens is 2. The van der Waals surface area contributed by atoms with Crippen LogP contribution in [0, 0.1) is 5.92 Å². The van der Waals surface area contributed by atoms with Gasteiger partial charge in [0.2, 0.25) is 5.95 Å². The van der Waals surface area contributed by atoms with E-state index >= 15 is 0 Å². The lowest BCUT2D eigenvalue weighted by Gasteiger charge is -2.29. The number of methoxy groups -OCH3 is 2. The molecule has 1 aliphatic rings. The van der Waals surface area contributed by atoms with Crippen LogP contribution in [0.3, 0.4) is 0 Å². The third kappa shape index (κ3) is 6.08. The molecule has 0 amide bonds. The van der Waals surface area contributed by atoms with Gasteiger partial charge in [0, 0.05) is 31.6 Å². The quantitative estimate of drug-likeness (QED) is 0.429. The lowest BCUT2D eigenvalue weighted by Crippen LogP contribution is -2.32. The molecule has 1 fully saturated rings. The Balaban J connectivity index is 1.24. The molecule has 2 aromatic carbocycles. The molecule has 2 N–H and O–H groups in total. The molecule has 0 saturated heterocycles. The van der Waals surface area contributed by atoms with E-state index in [0.717, 1.165) is 66.5 Å². The van der Waals surface area contributed by atoms with E-state index in [4.69, 9.17) is 19.4 Å². The molecule has 0 radical (unpaired) electrons. The van der Waals surface area contributed by atoms with Gasteiger partial charge < -0.3 is 25.0 Å². The third-order valence-corrected chi connectivity index (χ3v) is 6.62. The Morgan fingerprint density at radius 2 is 1.65 bits per heavy atom. The number of para-hydroxylation sites is 1. The van der Waals surface area contributed by atoms with Crippen LogP contribution in [0.5, 0.6) is 11.5 Å². The molecule has 34 heavy (non-hydrogen) atoms. The molecule has 7 heteroatoms. The van der Waals surface area contributed by atoms with Crippen LogP contribution >= 0.6 is 0 Å². The normalized spacial score (nSPS) is 18.0. The Kier molecular flexibility index (Phi) is 8.06. The summed E-state index contributed by atoms with van der Waals surface area (Å²) in [6, 6.07) is 14.7. The molecule has 1 heterocycles. The van der Waals surface area contributed by atoms with Crippen LogP contribution < -0.4 is 25.0 Å². The average Bonchev–Trinajstić information content (AvgIpc) is 2.86. The van der Waals surface area contributed by atoms with Crippen molar-refractivity contribution < 1.29 is 9.47 Å². The van der Waals surface area contributed by atoms with Gasteiger partial charge in [0.25, 0.3) is 0 Å². The highest BCUT2D eigenvalue weighted by Crippen LogP contribution is 2.28. The summed E-state index contributed by atoms with van der Waals surface area (Å²) in [5.41, 5.74) is 2.21. The molecule has 1 saturated carbocycles. The Hall–Kier alpha value is -3.06. The van der Waals surface area contributed by atoms with Gasteiger partial charge in [-0.25, -0.2) is 4.98 Å². The van der Waals surface area contributed by atoms with Gasteiger partial charge in [0.15, 0.2) is 0 Å². The maximum Gasteiger partial charge on any atom is 0.225 e. The lowest BCUT2D eigenvalue weighted by atomic mass is 9.86. The summed E-state index contributed by atoms with van der Waals surface area (Å²) in [6.07, 6.45) is 5.68. The number of fused-ring (bicyclic) bond motifs is 1. The van der Waals surface area contributed by atoms with Crippen molar-refractivity contribution in [2.45, 2.75) is 38.1 Å². The minimum absolute atomic E-state index is 0.427. The van der Waals surface area contributed by atoms with Gasteiger partial charge in [-0.05, 0) is 80.9 Å². The molecule has 182 valence electrons. The second-order valence-electron chi connectivity index (χ2n) is 9.32. The van der Waals surface area contributed by atoms with E-state index < -0.39 is 0 Å². The molecule has 3 aromatic rings. The first-order chi connectivity index (χ1) is 16.6. The second-order valence-corrected chi connectivity index (χ2v) is 9.32. The summed E-state index contributed by atoms with van der Waals surface area (Å²) in [5, 5.41) is 8.34. The maximum absolute atomic E-state index is 5.37. The molecule has 0 bridgehead atoms. The van der Waals surface area contributed by atoms with Gasteiger partial charge in [-0.2, -0.15) is 4.98 Å². The molecule has 4 rings (SSSR count). The fourth-order valence-corrected chi connectivity index (χ4v) is 4.71. The van der Waals surface area contributed by atoms with Crippen molar-refractivity contribution >= 4 is 22.7 Å². The standard InChI is InChI=1S/C27H37N5O2/c1-32(2)26-24-7-5-6-8-25(24)30-27(31-26)29-21-11-9-19(10-12-21)18-28-14-13-20-15-22(33-3)17-23(16-20)34-4/h5-8,15-17,19,21,28H,9-14,18H2,1-4H3,(H,29,30,31)/t19-,21+. The van der Waals surface area contributed by atoms with E-state index in [2.05, 4.69) is 39.8 Å². The first-order valence-corrected chi connectivity index (χ1v) is 12.2. The molecule has 0 aliphatic heterocycles. The van der Waals surface area contributed by atoms with Crippen LogP contribution in [0.25, 0.3) is 10.9 Å². The van der Waals surface area contributed by atoms with Gasteiger partial charge in [0.1, 0.15) is 17.3 Å². The topological polar surface area (TPSA) is 71.5 Å². The summed E-state index contributed by atoms with van der Waals surface area (Å²) < 4.78 is 10.7. The van der Waals surface area contributed by atoms with Gasteiger partial charge in [-0.3, -0.25) is 0 Å². The van der Waals surface area contributed by atoms with Crippen LogP contribution in [0.15, 0.2) is 42.5 Å². The van der Waals surface area contributed by atoms with Crippen molar-refractivity contribution in [3.63, 3.8) is 0 Å². The van der Waals surface area contributed by atoms with Crippen molar-refractivity contribution in [1.29, 1.82) is 0 Å². The fraction of sp³-hybridized carbons (Fsp3) is 0.481. The minimum Gasteiger partial charge on any atom is -0.497 e. The monoisotopic (exact) mass is 463 g/mol. The van der Waals surface area contributed by atoms with Crippen LogP contribution in [0.4, 0.5) is 11.8 Å². The third-order valence-electron chi connectivity index (χ3n) is 6.62. The highest BCUT2D eigenvalue weighted by molar-refractivity contribution is 5.90. The zero-order valence-electron chi connectivity index (χ0n) is 20.8. The van der Waals surface area contributed by atoms with Crippen molar-refractivity contribution in [3.8, 4) is 11.5 Å². The molecule has 7 nitrogen and oxygen atoms in total. The molecule has 0 atom stereocenters. The number of ether oxygens (including phenoxy) is 2. The zero-order chi connectivity index (χ0) is 23.9. The Morgan fingerprint density at radius 3 is 2.32 bits per heavy atom. The van der Waals surface area contributed by atoms with Crippen molar-refractivity contribution in [1.82, 2.24) is 15.3 Å². The molecular weight excluding hydrogens is 426 g/mol.